The molecule has 0 saturated carbocycles. The third kappa shape index (κ3) is 5.92. The molecule has 1 aliphatic heterocycles. The van der Waals surface area contributed by atoms with E-state index in [9.17, 15) is 14.0 Å². The van der Waals surface area contributed by atoms with Crippen LogP contribution in [0.4, 0.5) is 4.39 Å². The van der Waals surface area contributed by atoms with Crippen LogP contribution in [0.25, 0.3) is 0 Å². The number of benzene rings is 1. The maximum atomic E-state index is 13.5. The minimum atomic E-state index is -0.753. The van der Waals surface area contributed by atoms with Crippen molar-refractivity contribution in [3.8, 4) is 0 Å². The number of rotatable bonds is 6. The highest BCUT2D eigenvalue weighted by atomic mass is 19.1. The van der Waals surface area contributed by atoms with Crippen LogP contribution >= 0.6 is 0 Å². The van der Waals surface area contributed by atoms with Gasteiger partial charge in [-0.15, -0.1) is 0 Å². The van der Waals surface area contributed by atoms with E-state index >= 15 is 0 Å². The van der Waals surface area contributed by atoms with E-state index in [0.29, 0.717) is 18.7 Å². The summed E-state index contributed by atoms with van der Waals surface area (Å²) in [7, 11) is 0. The van der Waals surface area contributed by atoms with E-state index < -0.39 is 5.97 Å². The Hall–Kier alpha value is -1.95. The van der Waals surface area contributed by atoms with Gasteiger partial charge in [0, 0.05) is 13.0 Å². The second-order valence-corrected chi connectivity index (χ2v) is 6.53. The predicted octanol–water partition coefficient (Wildman–Crippen LogP) is 2.33. The highest BCUT2D eigenvalue weighted by Crippen LogP contribution is 2.20. The topological polar surface area (TPSA) is 69.6 Å². The van der Waals surface area contributed by atoms with Crippen molar-refractivity contribution in [1.29, 1.82) is 0 Å². The molecule has 1 atom stereocenters. The van der Waals surface area contributed by atoms with Crippen molar-refractivity contribution in [2.75, 3.05) is 19.6 Å². The van der Waals surface area contributed by atoms with Crippen molar-refractivity contribution in [1.82, 2.24) is 10.2 Å². The lowest BCUT2D eigenvalue weighted by Gasteiger charge is -2.19. The van der Waals surface area contributed by atoms with Gasteiger partial charge in [0.1, 0.15) is 5.82 Å². The molecule has 1 aromatic rings. The fourth-order valence-electron chi connectivity index (χ4n) is 3.04. The van der Waals surface area contributed by atoms with Crippen LogP contribution in [-0.4, -0.2) is 41.5 Å². The average Bonchev–Trinajstić information content (AvgIpc) is 2.73. The van der Waals surface area contributed by atoms with Gasteiger partial charge in [0.25, 0.3) is 0 Å². The summed E-state index contributed by atoms with van der Waals surface area (Å²) in [4.78, 5) is 24.9. The molecular weight excluding hydrogens is 311 g/mol. The normalized spacial score (nSPS) is 18.8. The zero-order valence-electron chi connectivity index (χ0n) is 14.1. The van der Waals surface area contributed by atoms with Crippen molar-refractivity contribution < 1.29 is 19.1 Å². The molecule has 1 fully saturated rings. The highest BCUT2D eigenvalue weighted by molar-refractivity contribution is 5.78. The number of aryl methyl sites for hydroxylation is 1. The first-order valence-electron chi connectivity index (χ1n) is 8.40. The molecule has 1 amide bonds. The van der Waals surface area contributed by atoms with E-state index in [0.717, 1.165) is 37.9 Å². The Balaban J connectivity index is 1.75. The maximum Gasteiger partial charge on any atom is 0.303 e. The maximum absolute atomic E-state index is 13.5. The number of carboxylic acids is 1. The summed E-state index contributed by atoms with van der Waals surface area (Å²) >= 11 is 0. The molecule has 0 bridgehead atoms. The largest absolute Gasteiger partial charge is 0.481 e. The number of nitrogens with zero attached hydrogens (tertiary/aromatic N) is 1. The monoisotopic (exact) mass is 336 g/mol. The lowest BCUT2D eigenvalue weighted by atomic mass is 9.97. The Bertz CT molecular complexity index is 592. The van der Waals surface area contributed by atoms with Gasteiger partial charge in [0.05, 0.1) is 6.54 Å². The number of carbonyl (C=O) groups excluding carboxylic acids is 1. The standard InChI is InChI=1S/C18H25FN2O3/c1-13-4-5-15(9-16(13)19)11-20-17(22)12-21-7-2-3-14(6-8-21)10-18(23)24/h4-5,9,14H,2-3,6-8,10-12H2,1H3,(H,20,22)(H,23,24)/t14-/m1/s1. The van der Waals surface area contributed by atoms with Gasteiger partial charge >= 0.3 is 5.97 Å². The molecule has 5 nitrogen and oxygen atoms in total. The van der Waals surface area contributed by atoms with Crippen LogP contribution in [0.3, 0.4) is 0 Å². The molecule has 1 aliphatic rings. The van der Waals surface area contributed by atoms with E-state index in [-0.39, 0.29) is 24.1 Å². The summed E-state index contributed by atoms with van der Waals surface area (Å²) in [6, 6.07) is 4.95. The SMILES string of the molecule is Cc1ccc(CNC(=O)CN2CCC[C@@H](CC(=O)O)CC2)cc1F. The first-order valence-corrected chi connectivity index (χ1v) is 8.40. The van der Waals surface area contributed by atoms with Gasteiger partial charge in [-0.3, -0.25) is 14.5 Å². The van der Waals surface area contributed by atoms with Crippen LogP contribution in [0, 0.1) is 18.7 Å². The third-order valence-corrected chi connectivity index (χ3v) is 4.50. The number of aliphatic carboxylic acids is 1. The van der Waals surface area contributed by atoms with Crippen molar-refractivity contribution >= 4 is 11.9 Å². The summed E-state index contributed by atoms with van der Waals surface area (Å²) in [5.74, 6) is -0.908. The second kappa shape index (κ2) is 8.78. The zero-order valence-corrected chi connectivity index (χ0v) is 14.1. The van der Waals surface area contributed by atoms with Gasteiger partial charge < -0.3 is 10.4 Å². The lowest BCUT2D eigenvalue weighted by molar-refractivity contribution is -0.138. The molecule has 6 heteroatoms. The van der Waals surface area contributed by atoms with Crippen LogP contribution in [0.2, 0.25) is 0 Å². The van der Waals surface area contributed by atoms with E-state index in [1.165, 1.54) is 6.07 Å². The first kappa shape index (κ1) is 18.4. The zero-order chi connectivity index (χ0) is 17.5. The molecule has 24 heavy (non-hydrogen) atoms. The summed E-state index contributed by atoms with van der Waals surface area (Å²) in [5.41, 5.74) is 1.33. The molecule has 1 aromatic carbocycles. The smallest absolute Gasteiger partial charge is 0.303 e. The van der Waals surface area contributed by atoms with Gasteiger partial charge in [-0.2, -0.15) is 0 Å². The molecule has 0 aliphatic carbocycles. The van der Waals surface area contributed by atoms with Crippen molar-refractivity contribution in [3.05, 3.63) is 35.1 Å². The van der Waals surface area contributed by atoms with E-state index in [1.807, 2.05) is 0 Å². The van der Waals surface area contributed by atoms with Crippen LogP contribution < -0.4 is 5.32 Å². The van der Waals surface area contributed by atoms with E-state index in [1.54, 1.807) is 19.1 Å². The fourth-order valence-corrected chi connectivity index (χ4v) is 3.04. The third-order valence-electron chi connectivity index (χ3n) is 4.50. The first-order chi connectivity index (χ1) is 11.4. The number of hydrogen-bond acceptors (Lipinski definition) is 3. The summed E-state index contributed by atoms with van der Waals surface area (Å²) < 4.78 is 13.5. The van der Waals surface area contributed by atoms with Crippen molar-refractivity contribution in [3.63, 3.8) is 0 Å². The number of likely N-dealkylation sites (tertiary alicyclic amines) is 1. The van der Waals surface area contributed by atoms with Crippen LogP contribution in [0.1, 0.15) is 36.8 Å². The van der Waals surface area contributed by atoms with Gasteiger partial charge in [0.2, 0.25) is 5.91 Å². The van der Waals surface area contributed by atoms with Crippen LogP contribution in [0.5, 0.6) is 0 Å². The second-order valence-electron chi connectivity index (χ2n) is 6.53. The number of nitrogens with one attached hydrogen (secondary N) is 1. The van der Waals surface area contributed by atoms with Gasteiger partial charge in [0.15, 0.2) is 0 Å². The molecule has 2 N–H and O–H groups in total. The number of carboxylic acid groups (broad SMARTS) is 1. The molecule has 2 rings (SSSR count). The molecule has 0 radical (unpaired) electrons. The number of carbonyl (C=O) groups is 2. The molecule has 0 unspecified atom stereocenters. The Kier molecular flexibility index (Phi) is 6.73. The molecule has 1 heterocycles. The number of amides is 1. The Labute approximate surface area is 141 Å². The summed E-state index contributed by atoms with van der Waals surface area (Å²) in [6.07, 6.45) is 2.82. The van der Waals surface area contributed by atoms with Gasteiger partial charge in [-0.25, -0.2) is 4.39 Å². The summed E-state index contributed by atoms with van der Waals surface area (Å²) in [6.45, 7) is 3.86. The van der Waals surface area contributed by atoms with Crippen LogP contribution in [0.15, 0.2) is 18.2 Å². The molecular formula is C18H25FN2O3. The Morgan fingerprint density at radius 2 is 2.12 bits per heavy atom. The van der Waals surface area contributed by atoms with Gasteiger partial charge in [-0.05, 0) is 62.4 Å². The summed E-state index contributed by atoms with van der Waals surface area (Å²) in [5, 5.41) is 11.7. The Morgan fingerprint density at radius 3 is 2.83 bits per heavy atom. The number of halogens is 1. The number of hydrogen-bond donors (Lipinski definition) is 2. The fraction of sp³-hybridized carbons (Fsp3) is 0.556. The average molecular weight is 336 g/mol. The Morgan fingerprint density at radius 1 is 1.33 bits per heavy atom. The molecule has 1 saturated heterocycles. The van der Waals surface area contributed by atoms with E-state index in [2.05, 4.69) is 10.2 Å². The van der Waals surface area contributed by atoms with Crippen LogP contribution in [-0.2, 0) is 16.1 Å². The van der Waals surface area contributed by atoms with E-state index in [4.69, 9.17) is 5.11 Å². The molecule has 0 aromatic heterocycles. The minimum Gasteiger partial charge on any atom is -0.481 e. The lowest BCUT2D eigenvalue weighted by Crippen LogP contribution is -2.37. The molecule has 132 valence electrons. The highest BCUT2D eigenvalue weighted by Gasteiger charge is 2.20. The van der Waals surface area contributed by atoms with Crippen molar-refractivity contribution in [2.24, 2.45) is 5.92 Å². The quantitative estimate of drug-likeness (QED) is 0.836. The van der Waals surface area contributed by atoms with Crippen molar-refractivity contribution in [2.45, 2.75) is 39.2 Å². The van der Waals surface area contributed by atoms with Gasteiger partial charge in [-0.1, -0.05) is 12.1 Å². The predicted molar refractivity (Wildman–Crippen MR) is 89.0 cm³/mol. The molecule has 0 spiro atoms. The minimum absolute atomic E-state index is 0.0901.